The molecule has 0 radical (unpaired) electrons. The number of phenolic OH excluding ortho intramolecular Hbond substituents is 1. The SMILES string of the molecule is Cc1[nH]nc(-c2ccc(O)cc2)c1C#N. The quantitative estimate of drug-likeness (QED) is 0.737. The fourth-order valence-corrected chi connectivity index (χ4v) is 1.39. The van der Waals surface area contributed by atoms with Gasteiger partial charge in [0.25, 0.3) is 0 Å². The number of nitrogens with zero attached hydrogens (tertiary/aromatic N) is 2. The van der Waals surface area contributed by atoms with Crippen molar-refractivity contribution in [1.82, 2.24) is 10.2 Å². The maximum Gasteiger partial charge on any atom is 0.115 e. The molecule has 74 valence electrons. The summed E-state index contributed by atoms with van der Waals surface area (Å²) in [5.74, 6) is 0.199. The Bertz CT molecular complexity index is 520. The third-order valence-electron chi connectivity index (χ3n) is 2.20. The normalized spacial score (nSPS) is 9.87. The van der Waals surface area contributed by atoms with Gasteiger partial charge in [-0.2, -0.15) is 10.4 Å². The molecular weight excluding hydrogens is 190 g/mol. The summed E-state index contributed by atoms with van der Waals surface area (Å²) in [7, 11) is 0. The number of aromatic nitrogens is 2. The summed E-state index contributed by atoms with van der Waals surface area (Å²) < 4.78 is 0. The first-order valence-electron chi connectivity index (χ1n) is 4.47. The van der Waals surface area contributed by atoms with E-state index in [2.05, 4.69) is 16.3 Å². The Labute approximate surface area is 86.8 Å². The number of hydrogen-bond donors (Lipinski definition) is 2. The third-order valence-corrected chi connectivity index (χ3v) is 2.20. The zero-order chi connectivity index (χ0) is 10.8. The van der Waals surface area contributed by atoms with E-state index in [1.54, 1.807) is 31.2 Å². The van der Waals surface area contributed by atoms with Crippen molar-refractivity contribution in [2.45, 2.75) is 6.92 Å². The summed E-state index contributed by atoms with van der Waals surface area (Å²) in [5, 5.41) is 24.9. The zero-order valence-electron chi connectivity index (χ0n) is 8.15. The van der Waals surface area contributed by atoms with Crippen LogP contribution in [0, 0.1) is 18.3 Å². The second-order valence-electron chi connectivity index (χ2n) is 3.23. The van der Waals surface area contributed by atoms with Gasteiger partial charge in [-0.1, -0.05) is 0 Å². The van der Waals surface area contributed by atoms with Crippen LogP contribution in [0.2, 0.25) is 0 Å². The van der Waals surface area contributed by atoms with Crippen LogP contribution in [0.1, 0.15) is 11.3 Å². The number of aromatic hydroxyl groups is 1. The summed E-state index contributed by atoms with van der Waals surface area (Å²) in [6.45, 7) is 1.80. The van der Waals surface area contributed by atoms with Crippen LogP contribution < -0.4 is 0 Å². The second-order valence-corrected chi connectivity index (χ2v) is 3.23. The number of benzene rings is 1. The Morgan fingerprint density at radius 3 is 2.60 bits per heavy atom. The molecule has 0 unspecified atom stereocenters. The van der Waals surface area contributed by atoms with Crippen molar-refractivity contribution in [2.24, 2.45) is 0 Å². The van der Waals surface area contributed by atoms with Gasteiger partial charge in [0.05, 0.1) is 5.69 Å². The standard InChI is InChI=1S/C11H9N3O/c1-7-10(6-12)11(14-13-7)8-2-4-9(15)5-3-8/h2-5,15H,1H3,(H,13,14). The molecule has 0 saturated heterocycles. The minimum atomic E-state index is 0.199. The van der Waals surface area contributed by atoms with Gasteiger partial charge < -0.3 is 5.11 Å². The number of aryl methyl sites for hydroxylation is 1. The lowest BCUT2D eigenvalue weighted by molar-refractivity contribution is 0.475. The number of aromatic amines is 1. The Morgan fingerprint density at radius 2 is 2.00 bits per heavy atom. The van der Waals surface area contributed by atoms with E-state index >= 15 is 0 Å². The van der Waals surface area contributed by atoms with Gasteiger partial charge in [0.15, 0.2) is 0 Å². The average molecular weight is 199 g/mol. The fraction of sp³-hybridized carbons (Fsp3) is 0.0909. The van der Waals surface area contributed by atoms with E-state index in [-0.39, 0.29) is 5.75 Å². The first-order valence-corrected chi connectivity index (χ1v) is 4.47. The second kappa shape index (κ2) is 3.46. The molecule has 0 bridgehead atoms. The molecule has 15 heavy (non-hydrogen) atoms. The summed E-state index contributed by atoms with van der Waals surface area (Å²) in [4.78, 5) is 0. The summed E-state index contributed by atoms with van der Waals surface area (Å²) in [5.41, 5.74) is 2.73. The van der Waals surface area contributed by atoms with E-state index in [4.69, 9.17) is 10.4 Å². The molecule has 1 aromatic carbocycles. The lowest BCUT2D eigenvalue weighted by Crippen LogP contribution is -1.81. The molecule has 2 N–H and O–H groups in total. The van der Waals surface area contributed by atoms with Crippen molar-refractivity contribution in [3.8, 4) is 23.1 Å². The van der Waals surface area contributed by atoms with Gasteiger partial charge in [0.1, 0.15) is 23.1 Å². The van der Waals surface area contributed by atoms with Crippen LogP contribution in [0.15, 0.2) is 24.3 Å². The molecule has 1 aromatic heterocycles. The topological polar surface area (TPSA) is 72.7 Å². The molecule has 2 aromatic rings. The van der Waals surface area contributed by atoms with Gasteiger partial charge in [-0.3, -0.25) is 5.10 Å². The van der Waals surface area contributed by atoms with Crippen LogP contribution in [0.5, 0.6) is 5.75 Å². The van der Waals surface area contributed by atoms with E-state index < -0.39 is 0 Å². The van der Waals surface area contributed by atoms with Crippen LogP contribution in [-0.4, -0.2) is 15.3 Å². The van der Waals surface area contributed by atoms with Crippen LogP contribution in [-0.2, 0) is 0 Å². The molecule has 4 nitrogen and oxygen atoms in total. The van der Waals surface area contributed by atoms with Crippen molar-refractivity contribution in [2.75, 3.05) is 0 Å². The molecule has 0 saturated carbocycles. The number of phenols is 1. The Kier molecular flexibility index (Phi) is 2.14. The minimum Gasteiger partial charge on any atom is -0.508 e. The third kappa shape index (κ3) is 1.55. The lowest BCUT2D eigenvalue weighted by atomic mass is 10.1. The van der Waals surface area contributed by atoms with Crippen LogP contribution >= 0.6 is 0 Å². The molecule has 0 aliphatic carbocycles. The molecule has 0 amide bonds. The number of rotatable bonds is 1. The molecule has 4 heteroatoms. The van der Waals surface area contributed by atoms with Gasteiger partial charge >= 0.3 is 0 Å². The van der Waals surface area contributed by atoms with Gasteiger partial charge in [0.2, 0.25) is 0 Å². The summed E-state index contributed by atoms with van der Waals surface area (Å²) in [6.07, 6.45) is 0. The number of nitrogens with one attached hydrogen (secondary N) is 1. The van der Waals surface area contributed by atoms with Crippen LogP contribution in [0.25, 0.3) is 11.3 Å². The van der Waals surface area contributed by atoms with Gasteiger partial charge in [-0.15, -0.1) is 0 Å². The van der Waals surface area contributed by atoms with Crippen LogP contribution in [0.3, 0.4) is 0 Å². The van der Waals surface area contributed by atoms with Crippen molar-refractivity contribution in [3.63, 3.8) is 0 Å². The number of nitriles is 1. The minimum absolute atomic E-state index is 0.199. The van der Waals surface area contributed by atoms with E-state index in [1.165, 1.54) is 0 Å². The predicted molar refractivity (Wildman–Crippen MR) is 55.1 cm³/mol. The molecule has 0 atom stereocenters. The van der Waals surface area contributed by atoms with Crippen molar-refractivity contribution in [3.05, 3.63) is 35.5 Å². The van der Waals surface area contributed by atoms with Gasteiger partial charge in [-0.25, -0.2) is 0 Å². The highest BCUT2D eigenvalue weighted by atomic mass is 16.3. The highest BCUT2D eigenvalue weighted by Crippen LogP contribution is 2.24. The predicted octanol–water partition coefficient (Wildman–Crippen LogP) is 1.96. The molecule has 0 aliphatic heterocycles. The van der Waals surface area contributed by atoms with Crippen molar-refractivity contribution in [1.29, 1.82) is 5.26 Å². The molecule has 0 aliphatic rings. The first kappa shape index (κ1) is 9.28. The first-order chi connectivity index (χ1) is 7.22. The largest absolute Gasteiger partial charge is 0.508 e. The highest BCUT2D eigenvalue weighted by molar-refractivity contribution is 5.67. The average Bonchev–Trinajstić information content (AvgIpc) is 2.61. The smallest absolute Gasteiger partial charge is 0.115 e. The molecule has 0 fully saturated rings. The van der Waals surface area contributed by atoms with Crippen LogP contribution in [0.4, 0.5) is 0 Å². The van der Waals surface area contributed by atoms with E-state index in [9.17, 15) is 0 Å². The van der Waals surface area contributed by atoms with Crippen molar-refractivity contribution >= 4 is 0 Å². The van der Waals surface area contributed by atoms with E-state index in [1.807, 2.05) is 0 Å². The maximum absolute atomic E-state index is 9.14. The maximum atomic E-state index is 9.14. The summed E-state index contributed by atoms with van der Waals surface area (Å²) in [6, 6.07) is 8.70. The Morgan fingerprint density at radius 1 is 1.33 bits per heavy atom. The summed E-state index contributed by atoms with van der Waals surface area (Å²) >= 11 is 0. The number of H-pyrrole nitrogens is 1. The molecule has 2 rings (SSSR count). The fourth-order valence-electron chi connectivity index (χ4n) is 1.39. The van der Waals surface area contributed by atoms with E-state index in [0.717, 1.165) is 11.3 Å². The van der Waals surface area contributed by atoms with E-state index in [0.29, 0.717) is 11.3 Å². The van der Waals surface area contributed by atoms with Gasteiger partial charge in [-0.05, 0) is 31.2 Å². The molecular formula is C11H9N3O. The monoisotopic (exact) mass is 199 g/mol. The Hall–Kier alpha value is -2.28. The number of hydrogen-bond acceptors (Lipinski definition) is 3. The zero-order valence-corrected chi connectivity index (χ0v) is 8.15. The highest BCUT2D eigenvalue weighted by Gasteiger charge is 2.11. The lowest BCUT2D eigenvalue weighted by Gasteiger charge is -1.97. The molecule has 1 heterocycles. The van der Waals surface area contributed by atoms with Crippen molar-refractivity contribution < 1.29 is 5.11 Å². The molecule has 0 spiro atoms. The Balaban J connectivity index is 2.55. The van der Waals surface area contributed by atoms with Gasteiger partial charge in [0, 0.05) is 5.56 Å².